The van der Waals surface area contributed by atoms with Gasteiger partial charge in [-0.15, -0.1) is 34.4 Å². The zero-order valence-electron chi connectivity index (χ0n) is 11.9. The lowest BCUT2D eigenvalue weighted by atomic mass is 10.1. The molecule has 2 aromatic rings. The van der Waals surface area contributed by atoms with E-state index < -0.39 is 0 Å². The van der Waals surface area contributed by atoms with Crippen LogP contribution in [-0.4, -0.2) is 25.8 Å². The molecule has 0 atom stereocenters. The van der Waals surface area contributed by atoms with Crippen molar-refractivity contribution < 1.29 is 4.79 Å². The predicted molar refractivity (Wildman–Crippen MR) is 93.0 cm³/mol. The van der Waals surface area contributed by atoms with Crippen molar-refractivity contribution in [2.45, 2.75) is 17.9 Å². The van der Waals surface area contributed by atoms with Gasteiger partial charge in [-0.3, -0.25) is 4.79 Å². The van der Waals surface area contributed by atoms with E-state index in [1.165, 1.54) is 21.8 Å². The van der Waals surface area contributed by atoms with Gasteiger partial charge in [0, 0.05) is 25.0 Å². The largest absolute Gasteiger partial charge is 0.396 e. The van der Waals surface area contributed by atoms with Gasteiger partial charge >= 0.3 is 0 Å². The topological polar surface area (TPSA) is 58.4 Å². The quantitative estimate of drug-likeness (QED) is 0.844. The number of fused-ring (bicyclic) bond motifs is 1. The Labute approximate surface area is 136 Å². The molecule has 0 saturated carbocycles. The lowest BCUT2D eigenvalue weighted by Crippen LogP contribution is -2.29. The second-order valence-corrected chi connectivity index (χ2v) is 7.62. The summed E-state index contributed by atoms with van der Waals surface area (Å²) in [6, 6.07) is 2.20. The van der Waals surface area contributed by atoms with Gasteiger partial charge in [0.05, 0.1) is 10.6 Å². The molecule has 0 aromatic carbocycles. The highest BCUT2D eigenvalue weighted by Gasteiger charge is 2.26. The molecule has 3 heterocycles. The highest BCUT2D eigenvalue weighted by Crippen LogP contribution is 2.45. The first-order valence-electron chi connectivity index (χ1n) is 6.64. The summed E-state index contributed by atoms with van der Waals surface area (Å²) in [7, 11) is 1.64. The van der Waals surface area contributed by atoms with Gasteiger partial charge in [-0.2, -0.15) is 0 Å². The van der Waals surface area contributed by atoms with E-state index in [1.807, 2.05) is 17.6 Å². The van der Waals surface area contributed by atoms with E-state index in [0.29, 0.717) is 10.6 Å². The Hall–Kier alpha value is -1.18. The van der Waals surface area contributed by atoms with E-state index in [0.717, 1.165) is 29.4 Å². The van der Waals surface area contributed by atoms with Crippen LogP contribution in [0.5, 0.6) is 0 Å². The molecule has 0 aliphatic carbocycles. The van der Waals surface area contributed by atoms with Crippen LogP contribution in [0.1, 0.15) is 20.1 Å². The smallest absolute Gasteiger partial charge is 0.263 e. The minimum Gasteiger partial charge on any atom is -0.396 e. The summed E-state index contributed by atoms with van der Waals surface area (Å²) in [5.74, 6) is -0.104. The van der Waals surface area contributed by atoms with E-state index in [1.54, 1.807) is 18.8 Å². The zero-order valence-corrected chi connectivity index (χ0v) is 14.4. The van der Waals surface area contributed by atoms with Crippen LogP contribution >= 0.6 is 34.4 Å². The summed E-state index contributed by atoms with van der Waals surface area (Å²) in [6.45, 7) is 1.88. The highest BCUT2D eigenvalue weighted by molar-refractivity contribution is 7.99. The van der Waals surface area contributed by atoms with Crippen LogP contribution < -0.4 is 16.0 Å². The Balaban J connectivity index is 1.97. The molecular weight excluding hydrogens is 322 g/mol. The van der Waals surface area contributed by atoms with Crippen molar-refractivity contribution >= 4 is 51.0 Å². The second-order valence-electron chi connectivity index (χ2n) is 4.80. The first-order chi connectivity index (χ1) is 10.2. The first kappa shape index (κ1) is 14.7. The van der Waals surface area contributed by atoms with Crippen LogP contribution in [-0.2, 0) is 13.0 Å². The third-order valence-corrected chi connectivity index (χ3v) is 6.85. The maximum absolute atomic E-state index is 11.9. The Bertz CT molecular complexity index is 677. The maximum atomic E-state index is 11.9. The Morgan fingerprint density at radius 1 is 1.52 bits per heavy atom. The van der Waals surface area contributed by atoms with Crippen molar-refractivity contribution in [3.05, 3.63) is 26.8 Å². The van der Waals surface area contributed by atoms with Crippen LogP contribution in [0, 0.1) is 0 Å². The van der Waals surface area contributed by atoms with Crippen molar-refractivity contribution in [3.63, 3.8) is 0 Å². The maximum Gasteiger partial charge on any atom is 0.263 e. The van der Waals surface area contributed by atoms with E-state index in [-0.39, 0.29) is 5.91 Å². The Morgan fingerprint density at radius 2 is 2.33 bits per heavy atom. The summed E-state index contributed by atoms with van der Waals surface area (Å²) < 4.78 is 0. The number of rotatable bonds is 3. The number of nitrogens with one attached hydrogen (secondary N) is 1. The molecule has 0 radical (unpaired) electrons. The predicted octanol–water partition coefficient (Wildman–Crippen LogP) is 3.04. The monoisotopic (exact) mass is 339 g/mol. The lowest BCUT2D eigenvalue weighted by Gasteiger charge is -2.28. The molecule has 7 heteroatoms. The molecule has 0 fully saturated rings. The van der Waals surface area contributed by atoms with Gasteiger partial charge in [0.15, 0.2) is 0 Å². The van der Waals surface area contributed by atoms with Crippen molar-refractivity contribution in [2.24, 2.45) is 0 Å². The Kier molecular flexibility index (Phi) is 4.14. The average molecular weight is 340 g/mol. The summed E-state index contributed by atoms with van der Waals surface area (Å²) in [5.41, 5.74) is 8.18. The number of nitrogens with zero attached hydrogens (tertiary/aromatic N) is 1. The molecule has 0 spiro atoms. The Morgan fingerprint density at radius 3 is 3.05 bits per heavy atom. The number of anilines is 2. The van der Waals surface area contributed by atoms with Gasteiger partial charge in [0.25, 0.3) is 5.91 Å². The number of nitrogen functional groups attached to an aromatic ring is 1. The summed E-state index contributed by atoms with van der Waals surface area (Å²) in [5, 5.41) is 5.94. The molecule has 3 rings (SSSR count). The fourth-order valence-electron chi connectivity index (χ4n) is 2.53. The SMILES string of the molecule is CNC(=O)c1sc(N2CCc3sccc3C2)c(SC)c1N. The zero-order chi connectivity index (χ0) is 15.0. The average Bonchev–Trinajstić information content (AvgIpc) is 3.09. The van der Waals surface area contributed by atoms with Crippen molar-refractivity contribution in [3.8, 4) is 0 Å². The number of nitrogens with two attached hydrogens (primary N) is 1. The number of carbonyl (C=O) groups excluding carboxylic acids is 1. The third kappa shape index (κ3) is 2.54. The summed E-state index contributed by atoms with van der Waals surface area (Å²) in [6.07, 6.45) is 3.07. The molecule has 0 saturated heterocycles. The van der Waals surface area contributed by atoms with Gasteiger partial charge in [0.2, 0.25) is 0 Å². The lowest BCUT2D eigenvalue weighted by molar-refractivity contribution is 0.0968. The molecule has 21 heavy (non-hydrogen) atoms. The molecule has 4 nitrogen and oxygen atoms in total. The molecule has 0 unspecified atom stereocenters. The van der Waals surface area contributed by atoms with Crippen LogP contribution in [0.2, 0.25) is 0 Å². The fourth-order valence-corrected chi connectivity index (χ4v) is 5.57. The number of hydrogen-bond acceptors (Lipinski definition) is 6. The van der Waals surface area contributed by atoms with E-state index >= 15 is 0 Å². The van der Waals surface area contributed by atoms with Crippen molar-refractivity contribution in [2.75, 3.05) is 30.5 Å². The molecule has 112 valence electrons. The van der Waals surface area contributed by atoms with E-state index in [2.05, 4.69) is 21.7 Å². The summed E-state index contributed by atoms with van der Waals surface area (Å²) >= 11 is 4.94. The van der Waals surface area contributed by atoms with Crippen LogP contribution in [0.25, 0.3) is 0 Å². The van der Waals surface area contributed by atoms with Crippen molar-refractivity contribution in [1.29, 1.82) is 0 Å². The van der Waals surface area contributed by atoms with Gasteiger partial charge in [0.1, 0.15) is 9.88 Å². The fraction of sp³-hybridized carbons (Fsp3) is 0.357. The molecule has 2 aromatic heterocycles. The van der Waals surface area contributed by atoms with Gasteiger partial charge in [-0.05, 0) is 29.7 Å². The number of amides is 1. The first-order valence-corrected chi connectivity index (χ1v) is 9.56. The number of thioether (sulfide) groups is 1. The highest BCUT2D eigenvalue weighted by atomic mass is 32.2. The van der Waals surface area contributed by atoms with E-state index in [9.17, 15) is 4.79 Å². The van der Waals surface area contributed by atoms with Crippen LogP contribution in [0.4, 0.5) is 10.7 Å². The summed E-state index contributed by atoms with van der Waals surface area (Å²) in [4.78, 5) is 17.4. The molecule has 3 N–H and O–H groups in total. The van der Waals surface area contributed by atoms with Gasteiger partial charge in [-0.1, -0.05) is 0 Å². The van der Waals surface area contributed by atoms with Crippen LogP contribution in [0.3, 0.4) is 0 Å². The number of thiophene rings is 2. The van der Waals surface area contributed by atoms with E-state index in [4.69, 9.17) is 5.73 Å². The molecule has 1 aliphatic rings. The van der Waals surface area contributed by atoms with Gasteiger partial charge in [-0.25, -0.2) is 0 Å². The van der Waals surface area contributed by atoms with Crippen LogP contribution in [0.15, 0.2) is 16.3 Å². The molecule has 0 bridgehead atoms. The number of hydrogen-bond donors (Lipinski definition) is 2. The van der Waals surface area contributed by atoms with Crippen molar-refractivity contribution in [1.82, 2.24) is 5.32 Å². The molecule has 1 amide bonds. The van der Waals surface area contributed by atoms with Gasteiger partial charge < -0.3 is 16.0 Å². The third-order valence-electron chi connectivity index (χ3n) is 3.61. The number of carbonyl (C=O) groups is 1. The normalized spacial score (nSPS) is 14.1. The molecule has 1 aliphatic heterocycles. The minimum atomic E-state index is -0.104. The standard InChI is InChI=1S/C14H17N3OS3/c1-16-13(18)11-10(15)12(19-2)14(21-11)17-5-3-9-8(7-17)4-6-20-9/h4,6H,3,5,7,15H2,1-2H3,(H,16,18). The second kappa shape index (κ2) is 5.90. The minimum absolute atomic E-state index is 0.104. The molecular formula is C14H17N3OS3.